The molecule has 0 aliphatic rings. The first kappa shape index (κ1) is 19.6. The fraction of sp³-hybridized carbons (Fsp3) is 0.0476. The first-order valence-electron chi connectivity index (χ1n) is 8.19. The van der Waals surface area contributed by atoms with Crippen LogP contribution in [0.3, 0.4) is 0 Å². The van der Waals surface area contributed by atoms with E-state index in [1.54, 1.807) is 30.3 Å². The number of nitrogens with zero attached hydrogens (tertiary/aromatic N) is 1. The lowest BCUT2D eigenvalue weighted by atomic mass is 10.0. The summed E-state index contributed by atoms with van der Waals surface area (Å²) in [5.74, 6) is -0.443. The van der Waals surface area contributed by atoms with E-state index in [2.05, 4.69) is 11.4 Å². The van der Waals surface area contributed by atoms with Crippen molar-refractivity contribution in [3.05, 3.63) is 82.9 Å². The molecule has 0 radical (unpaired) electrons. The largest absolute Gasteiger partial charge is 0.322 e. The summed E-state index contributed by atoms with van der Waals surface area (Å²) in [5, 5.41) is 11.7. The number of anilines is 1. The molecule has 3 aromatic carbocycles. The summed E-state index contributed by atoms with van der Waals surface area (Å²) in [7, 11) is -3.40. The van der Waals surface area contributed by atoms with Crippen LogP contribution in [0.2, 0.25) is 5.02 Å². The number of sulfone groups is 1. The van der Waals surface area contributed by atoms with E-state index < -0.39 is 15.7 Å². The number of hydrogen-bond donors (Lipinski definition) is 1. The van der Waals surface area contributed by atoms with E-state index >= 15 is 0 Å². The first-order valence-corrected chi connectivity index (χ1v) is 10.5. The fourth-order valence-electron chi connectivity index (χ4n) is 2.62. The maximum Gasteiger partial charge on any atom is 0.257 e. The molecule has 0 fully saturated rings. The van der Waals surface area contributed by atoms with E-state index in [0.29, 0.717) is 11.3 Å². The van der Waals surface area contributed by atoms with Crippen LogP contribution < -0.4 is 5.32 Å². The van der Waals surface area contributed by atoms with Crippen LogP contribution in [0.15, 0.2) is 71.6 Å². The smallest absolute Gasteiger partial charge is 0.257 e. The predicted molar refractivity (Wildman–Crippen MR) is 109 cm³/mol. The number of carbonyl (C=O) groups is 1. The number of carbonyl (C=O) groups excluding carboxylic acids is 1. The van der Waals surface area contributed by atoms with Gasteiger partial charge in [-0.05, 0) is 53.6 Å². The zero-order valence-electron chi connectivity index (χ0n) is 14.8. The Balaban J connectivity index is 1.84. The highest BCUT2D eigenvalue weighted by Crippen LogP contribution is 2.25. The van der Waals surface area contributed by atoms with Gasteiger partial charge in [0.2, 0.25) is 0 Å². The minimum atomic E-state index is -3.40. The lowest BCUT2D eigenvalue weighted by molar-refractivity contribution is 0.102. The Labute approximate surface area is 168 Å². The van der Waals surface area contributed by atoms with Gasteiger partial charge in [0.05, 0.1) is 27.1 Å². The molecule has 0 atom stereocenters. The number of benzene rings is 3. The summed E-state index contributed by atoms with van der Waals surface area (Å²) >= 11 is 6.10. The highest BCUT2D eigenvalue weighted by Gasteiger charge is 2.15. The number of nitrogens with one attached hydrogen (secondary N) is 1. The number of nitriles is 1. The Morgan fingerprint density at radius 2 is 1.71 bits per heavy atom. The SMILES string of the molecule is CS(=O)(=O)c1ccc(C(=O)Nc2cccc(-c3ccc(C#N)cc3)c2)c(Cl)c1. The molecule has 0 unspecified atom stereocenters. The zero-order chi connectivity index (χ0) is 20.3. The van der Waals surface area contributed by atoms with Crippen molar-refractivity contribution in [3.63, 3.8) is 0 Å². The van der Waals surface area contributed by atoms with Crippen molar-refractivity contribution in [2.24, 2.45) is 0 Å². The molecule has 0 aromatic heterocycles. The van der Waals surface area contributed by atoms with Crippen LogP contribution >= 0.6 is 11.6 Å². The van der Waals surface area contributed by atoms with E-state index in [1.807, 2.05) is 18.2 Å². The van der Waals surface area contributed by atoms with Gasteiger partial charge < -0.3 is 5.32 Å². The molecule has 0 aliphatic carbocycles. The zero-order valence-corrected chi connectivity index (χ0v) is 16.4. The monoisotopic (exact) mass is 410 g/mol. The normalized spacial score (nSPS) is 10.9. The van der Waals surface area contributed by atoms with Gasteiger partial charge in [0.25, 0.3) is 5.91 Å². The summed E-state index contributed by atoms with van der Waals surface area (Å²) in [6.45, 7) is 0. The van der Waals surface area contributed by atoms with Crippen molar-refractivity contribution in [2.75, 3.05) is 11.6 Å². The Hall–Kier alpha value is -3.14. The van der Waals surface area contributed by atoms with Gasteiger partial charge in [0.15, 0.2) is 9.84 Å². The van der Waals surface area contributed by atoms with Crippen molar-refractivity contribution in [1.82, 2.24) is 0 Å². The van der Waals surface area contributed by atoms with Gasteiger partial charge in [0.1, 0.15) is 0 Å². The molecule has 0 saturated heterocycles. The van der Waals surface area contributed by atoms with Crippen molar-refractivity contribution in [1.29, 1.82) is 5.26 Å². The van der Waals surface area contributed by atoms with E-state index in [0.717, 1.165) is 17.4 Å². The van der Waals surface area contributed by atoms with Crippen LogP contribution in [-0.4, -0.2) is 20.6 Å². The van der Waals surface area contributed by atoms with Crippen LogP contribution in [0, 0.1) is 11.3 Å². The van der Waals surface area contributed by atoms with E-state index in [9.17, 15) is 13.2 Å². The van der Waals surface area contributed by atoms with Crippen LogP contribution in [-0.2, 0) is 9.84 Å². The minimum Gasteiger partial charge on any atom is -0.322 e. The molecular formula is C21H15ClN2O3S. The van der Waals surface area contributed by atoms with Gasteiger partial charge in [-0.3, -0.25) is 4.79 Å². The molecule has 1 amide bonds. The fourth-order valence-corrected chi connectivity index (χ4v) is 3.60. The minimum absolute atomic E-state index is 0.0527. The van der Waals surface area contributed by atoms with Crippen LogP contribution in [0.5, 0.6) is 0 Å². The Bertz CT molecular complexity index is 1200. The number of hydrogen-bond acceptors (Lipinski definition) is 4. The molecular weight excluding hydrogens is 396 g/mol. The lowest BCUT2D eigenvalue weighted by Gasteiger charge is -2.10. The van der Waals surface area contributed by atoms with Crippen molar-refractivity contribution < 1.29 is 13.2 Å². The second-order valence-corrected chi connectivity index (χ2v) is 8.56. The average Bonchev–Trinajstić information content (AvgIpc) is 2.67. The molecule has 3 rings (SSSR count). The Morgan fingerprint density at radius 3 is 2.32 bits per heavy atom. The summed E-state index contributed by atoms with van der Waals surface area (Å²) in [6, 6.07) is 20.4. The van der Waals surface area contributed by atoms with Crippen molar-refractivity contribution in [2.45, 2.75) is 4.90 Å². The van der Waals surface area contributed by atoms with Gasteiger partial charge in [-0.25, -0.2) is 8.42 Å². The van der Waals surface area contributed by atoms with Gasteiger partial charge >= 0.3 is 0 Å². The molecule has 0 bridgehead atoms. The maximum atomic E-state index is 12.5. The van der Waals surface area contributed by atoms with Gasteiger partial charge in [-0.2, -0.15) is 5.26 Å². The molecule has 0 heterocycles. The Kier molecular flexibility index (Phi) is 5.50. The average molecular weight is 411 g/mol. The summed E-state index contributed by atoms with van der Waals surface area (Å²) in [6.07, 6.45) is 1.08. The predicted octanol–water partition coefficient (Wildman–Crippen LogP) is 4.53. The van der Waals surface area contributed by atoms with Crippen molar-refractivity contribution in [3.8, 4) is 17.2 Å². The maximum absolute atomic E-state index is 12.5. The molecule has 1 N–H and O–H groups in total. The molecule has 7 heteroatoms. The molecule has 140 valence electrons. The molecule has 5 nitrogen and oxygen atoms in total. The second kappa shape index (κ2) is 7.85. The standard InChI is InChI=1S/C21H15ClN2O3S/c1-28(26,27)18-9-10-19(20(22)12-18)21(25)24-17-4-2-3-16(11-17)15-7-5-14(13-23)6-8-15/h2-12H,1H3,(H,24,25). The first-order chi connectivity index (χ1) is 13.3. The molecule has 3 aromatic rings. The van der Waals surface area contributed by atoms with E-state index in [1.165, 1.54) is 18.2 Å². The van der Waals surface area contributed by atoms with Gasteiger partial charge in [0, 0.05) is 11.9 Å². The highest BCUT2D eigenvalue weighted by atomic mass is 35.5. The summed E-state index contributed by atoms with van der Waals surface area (Å²) in [5.41, 5.74) is 3.10. The van der Waals surface area contributed by atoms with Gasteiger partial charge in [-0.1, -0.05) is 35.9 Å². The van der Waals surface area contributed by atoms with Crippen LogP contribution in [0.1, 0.15) is 15.9 Å². The van der Waals surface area contributed by atoms with E-state index in [4.69, 9.17) is 16.9 Å². The van der Waals surface area contributed by atoms with Crippen LogP contribution in [0.25, 0.3) is 11.1 Å². The molecule has 28 heavy (non-hydrogen) atoms. The topological polar surface area (TPSA) is 87.0 Å². The third-order valence-electron chi connectivity index (χ3n) is 4.08. The second-order valence-electron chi connectivity index (χ2n) is 6.14. The van der Waals surface area contributed by atoms with Crippen molar-refractivity contribution >= 4 is 33.0 Å². The molecule has 0 saturated carbocycles. The third kappa shape index (κ3) is 4.39. The summed E-state index contributed by atoms with van der Waals surface area (Å²) < 4.78 is 23.2. The molecule has 0 spiro atoms. The number of halogens is 1. The summed E-state index contributed by atoms with van der Waals surface area (Å²) in [4.78, 5) is 12.6. The lowest BCUT2D eigenvalue weighted by Crippen LogP contribution is -2.13. The Morgan fingerprint density at radius 1 is 1.00 bits per heavy atom. The van der Waals surface area contributed by atoms with E-state index in [-0.39, 0.29) is 15.5 Å². The highest BCUT2D eigenvalue weighted by molar-refractivity contribution is 7.90. The third-order valence-corrected chi connectivity index (χ3v) is 5.50. The quantitative estimate of drug-likeness (QED) is 0.684. The number of rotatable bonds is 4. The molecule has 0 aliphatic heterocycles. The van der Waals surface area contributed by atoms with Crippen LogP contribution in [0.4, 0.5) is 5.69 Å². The number of amides is 1. The van der Waals surface area contributed by atoms with Gasteiger partial charge in [-0.15, -0.1) is 0 Å².